The fourth-order valence-corrected chi connectivity index (χ4v) is 4.74. The van der Waals surface area contributed by atoms with E-state index < -0.39 is 96.0 Å². The fraction of sp³-hybridized carbons (Fsp3) is 0.370. The predicted octanol–water partition coefficient (Wildman–Crippen LogP) is -2.80. The molecule has 10 atom stereocenters. The number of rotatable bonds is 6. The molecular weight excluding hydrogens is 612 g/mol. The van der Waals surface area contributed by atoms with Gasteiger partial charge in [0.25, 0.3) is 0 Å². The van der Waals surface area contributed by atoms with Crippen molar-refractivity contribution >= 4 is 22.9 Å². The molecule has 0 aliphatic carbocycles. The van der Waals surface area contributed by atoms with E-state index in [1.54, 1.807) is 0 Å². The average molecular weight is 638 g/mol. The highest BCUT2D eigenvalue weighted by atomic mass is 16.7. The van der Waals surface area contributed by atoms with Crippen LogP contribution in [0.2, 0.25) is 0 Å². The van der Waals surface area contributed by atoms with E-state index in [0.717, 1.165) is 30.3 Å². The summed E-state index contributed by atoms with van der Waals surface area (Å²) < 4.78 is 26.2. The van der Waals surface area contributed by atoms with Crippen LogP contribution < -0.4 is 10.2 Å². The Bertz CT molecular complexity index is 1670. The Hall–Kier alpha value is -4.53. The number of fused-ring (bicyclic) bond motifs is 1. The first-order valence-corrected chi connectivity index (χ1v) is 13.0. The van der Waals surface area contributed by atoms with Crippen LogP contribution >= 0.6 is 0 Å². The zero-order chi connectivity index (χ0) is 32.9. The van der Waals surface area contributed by atoms with Gasteiger partial charge in [0.15, 0.2) is 29.1 Å². The maximum Gasteiger partial charge on any atom is 0.340 e. The molecule has 2 fully saturated rings. The number of hydrogen-bond donors (Lipinski definition) is 10. The second-order valence-electron chi connectivity index (χ2n) is 10.2. The van der Waals surface area contributed by atoms with Gasteiger partial charge in [-0.3, -0.25) is 4.79 Å². The second-order valence-corrected chi connectivity index (χ2v) is 10.2. The minimum absolute atomic E-state index is 0.0930. The molecule has 0 saturated carbocycles. The maximum atomic E-state index is 12.9. The molecule has 2 aliphatic heterocycles. The first kappa shape index (κ1) is 31.9. The van der Waals surface area contributed by atoms with Crippen LogP contribution in [0.25, 0.3) is 22.3 Å². The molecule has 0 amide bonds. The molecular formula is C27H26O18. The van der Waals surface area contributed by atoms with E-state index in [1.165, 1.54) is 6.07 Å². The lowest BCUT2D eigenvalue weighted by atomic mass is 9.98. The second kappa shape index (κ2) is 12.1. The standard InChI is InChI=1S/C27H26O18/c28-9-2-1-7(3-10(9)29)13-6-12(31)15-11(30)4-8(5-14(15)42-13)41-26-20(36)17(33)19(35)23(44-26)25(40)45-27-21(37)16(32)18(34)22(43-27)24(38)39/h1-6,16-23,26-30,32-37H,(H,38,39)/t16-,17-,18-,19-,20+,21+,22-,23-,26+,27-/m0/s1. The van der Waals surface area contributed by atoms with Crippen LogP contribution in [0.1, 0.15) is 0 Å². The van der Waals surface area contributed by atoms with E-state index in [0.29, 0.717) is 0 Å². The van der Waals surface area contributed by atoms with Gasteiger partial charge in [0.2, 0.25) is 12.6 Å². The maximum absolute atomic E-state index is 12.9. The molecule has 10 N–H and O–H groups in total. The first-order chi connectivity index (χ1) is 21.2. The van der Waals surface area contributed by atoms with Crippen molar-refractivity contribution in [3.05, 3.63) is 46.6 Å². The molecule has 0 spiro atoms. The summed E-state index contributed by atoms with van der Waals surface area (Å²) in [7, 11) is 0. The molecule has 242 valence electrons. The van der Waals surface area contributed by atoms with Crippen LogP contribution in [-0.2, 0) is 23.8 Å². The summed E-state index contributed by atoms with van der Waals surface area (Å²) >= 11 is 0. The van der Waals surface area contributed by atoms with Gasteiger partial charge in [-0.25, -0.2) is 9.59 Å². The van der Waals surface area contributed by atoms with E-state index in [-0.39, 0.29) is 28.0 Å². The Morgan fingerprint density at radius 3 is 1.96 bits per heavy atom. The monoisotopic (exact) mass is 638 g/mol. The van der Waals surface area contributed by atoms with E-state index in [9.17, 15) is 60.3 Å². The molecule has 2 saturated heterocycles. The van der Waals surface area contributed by atoms with E-state index in [4.69, 9.17) is 28.5 Å². The molecule has 1 aromatic heterocycles. The van der Waals surface area contributed by atoms with E-state index >= 15 is 0 Å². The molecule has 0 radical (unpaired) electrons. The SMILES string of the molecule is O=C(O)[C@H]1O[C@@H](OC(=O)[C@H]2O[C@@H](Oc3cc(O)c4c(=O)cc(-c5ccc(O)c(O)c5)oc4c3)[C@H](O)[C@@H](O)[C@@H]2O)[C@H](O)[C@@H](O)[C@@H]1O. The number of aromatic hydroxyl groups is 3. The summed E-state index contributed by atoms with van der Waals surface area (Å²) in [5.74, 6) is -5.38. The molecule has 3 heterocycles. The first-order valence-electron chi connectivity index (χ1n) is 13.0. The van der Waals surface area contributed by atoms with Crippen molar-refractivity contribution in [1.29, 1.82) is 0 Å². The minimum atomic E-state index is -2.18. The number of carboxylic acid groups (broad SMARTS) is 1. The lowest BCUT2D eigenvalue weighted by molar-refractivity contribution is -0.302. The highest BCUT2D eigenvalue weighted by molar-refractivity contribution is 5.86. The molecule has 18 heteroatoms. The lowest BCUT2D eigenvalue weighted by Crippen LogP contribution is -2.63. The third-order valence-corrected chi connectivity index (χ3v) is 7.14. The summed E-state index contributed by atoms with van der Waals surface area (Å²) in [6.07, 6.45) is -21.1. The largest absolute Gasteiger partial charge is 0.507 e. The highest BCUT2D eigenvalue weighted by Gasteiger charge is 2.52. The lowest BCUT2D eigenvalue weighted by Gasteiger charge is -2.41. The van der Waals surface area contributed by atoms with Gasteiger partial charge in [0.05, 0.1) is 0 Å². The van der Waals surface area contributed by atoms with Gasteiger partial charge >= 0.3 is 11.9 Å². The normalized spacial score (nSPS) is 31.8. The van der Waals surface area contributed by atoms with Gasteiger partial charge in [0, 0.05) is 23.8 Å². The molecule has 2 aromatic carbocycles. The Morgan fingerprint density at radius 1 is 0.689 bits per heavy atom. The number of carbonyl (C=O) groups is 2. The van der Waals surface area contributed by atoms with Crippen LogP contribution in [0.3, 0.4) is 0 Å². The zero-order valence-electron chi connectivity index (χ0n) is 22.5. The zero-order valence-corrected chi connectivity index (χ0v) is 22.5. The molecule has 0 bridgehead atoms. The topological polar surface area (TPSA) is 304 Å². The van der Waals surface area contributed by atoms with Crippen molar-refractivity contribution in [1.82, 2.24) is 0 Å². The Balaban J connectivity index is 1.39. The van der Waals surface area contributed by atoms with Crippen molar-refractivity contribution in [2.45, 2.75) is 61.4 Å². The molecule has 45 heavy (non-hydrogen) atoms. The number of hydrogen-bond acceptors (Lipinski definition) is 17. The predicted molar refractivity (Wildman–Crippen MR) is 141 cm³/mol. The number of esters is 1. The summed E-state index contributed by atoms with van der Waals surface area (Å²) in [6.45, 7) is 0. The summed E-state index contributed by atoms with van der Waals surface area (Å²) in [4.78, 5) is 36.9. The number of ether oxygens (including phenoxy) is 4. The fourth-order valence-electron chi connectivity index (χ4n) is 4.74. The third-order valence-electron chi connectivity index (χ3n) is 7.14. The number of phenols is 3. The van der Waals surface area contributed by atoms with Crippen molar-refractivity contribution in [2.75, 3.05) is 0 Å². The Morgan fingerprint density at radius 2 is 1.31 bits per heavy atom. The van der Waals surface area contributed by atoms with Crippen molar-refractivity contribution in [3.63, 3.8) is 0 Å². The van der Waals surface area contributed by atoms with Crippen molar-refractivity contribution < 1.29 is 84.0 Å². The summed E-state index contributed by atoms with van der Waals surface area (Å²) in [6, 6.07) is 6.59. The minimum Gasteiger partial charge on any atom is -0.507 e. The van der Waals surface area contributed by atoms with Crippen LogP contribution in [0.4, 0.5) is 0 Å². The number of aliphatic hydroxyl groups is 6. The third kappa shape index (κ3) is 5.95. The summed E-state index contributed by atoms with van der Waals surface area (Å²) in [5, 5.41) is 99.8. The Kier molecular flexibility index (Phi) is 8.58. The number of phenolic OH excluding ortho intramolecular Hbond substituents is 3. The van der Waals surface area contributed by atoms with Crippen molar-refractivity contribution in [2.24, 2.45) is 0 Å². The van der Waals surface area contributed by atoms with Gasteiger partial charge in [0.1, 0.15) is 64.9 Å². The molecule has 5 rings (SSSR count). The quantitative estimate of drug-likeness (QED) is 0.0962. The average Bonchev–Trinajstić information content (AvgIpc) is 2.98. The molecule has 18 nitrogen and oxygen atoms in total. The van der Waals surface area contributed by atoms with E-state index in [2.05, 4.69) is 0 Å². The van der Waals surface area contributed by atoms with Crippen molar-refractivity contribution in [3.8, 4) is 34.3 Å². The van der Waals surface area contributed by atoms with E-state index in [1.807, 2.05) is 0 Å². The molecule has 2 aliphatic rings. The summed E-state index contributed by atoms with van der Waals surface area (Å²) in [5.41, 5.74) is -0.810. The molecule has 0 unspecified atom stereocenters. The van der Waals surface area contributed by atoms with Gasteiger partial charge in [-0.05, 0) is 18.2 Å². The van der Waals surface area contributed by atoms with Gasteiger partial charge in [-0.1, -0.05) is 0 Å². The number of aliphatic hydroxyl groups excluding tert-OH is 6. The van der Waals surface area contributed by atoms with Crippen LogP contribution in [0.5, 0.6) is 23.0 Å². The Labute approximate surface area is 249 Å². The van der Waals surface area contributed by atoms with Gasteiger partial charge < -0.3 is 74.4 Å². The highest BCUT2D eigenvalue weighted by Crippen LogP contribution is 2.35. The number of benzene rings is 2. The number of aliphatic carboxylic acids is 1. The number of carbonyl (C=O) groups excluding carboxylic acids is 1. The van der Waals surface area contributed by atoms with Crippen LogP contribution in [-0.4, -0.2) is 124 Å². The van der Waals surface area contributed by atoms with Crippen LogP contribution in [0, 0.1) is 0 Å². The van der Waals surface area contributed by atoms with Gasteiger partial charge in [-0.2, -0.15) is 0 Å². The molecule has 3 aromatic rings. The van der Waals surface area contributed by atoms with Crippen LogP contribution in [0.15, 0.2) is 45.6 Å². The number of carboxylic acids is 1. The van der Waals surface area contributed by atoms with Gasteiger partial charge in [-0.15, -0.1) is 0 Å². The smallest absolute Gasteiger partial charge is 0.340 e.